The molecule has 1 aliphatic heterocycles. The predicted molar refractivity (Wildman–Crippen MR) is 113 cm³/mol. The summed E-state index contributed by atoms with van der Waals surface area (Å²) in [5, 5.41) is 5.88. The van der Waals surface area contributed by atoms with Crippen molar-refractivity contribution >= 4 is 64.2 Å². The zero-order valence-corrected chi connectivity index (χ0v) is 17.4. The lowest BCUT2D eigenvalue weighted by atomic mass is 10.4. The van der Waals surface area contributed by atoms with Crippen molar-refractivity contribution in [3.8, 4) is 5.69 Å². The first-order valence-electron chi connectivity index (χ1n) is 7.40. The molecule has 4 rings (SSSR count). The van der Waals surface area contributed by atoms with E-state index in [0.29, 0.717) is 25.6 Å². The number of hydrogen-bond donors (Lipinski definition) is 0. The van der Waals surface area contributed by atoms with Crippen LogP contribution in [0.3, 0.4) is 0 Å². The molecule has 0 radical (unpaired) electrons. The third-order valence-electron chi connectivity index (χ3n) is 2.78. The van der Waals surface area contributed by atoms with E-state index in [9.17, 15) is 0 Å². The molecule has 0 aliphatic carbocycles. The Bertz CT molecular complexity index is 845. The van der Waals surface area contributed by atoms with Crippen LogP contribution < -0.4 is 0 Å². The fourth-order valence-electron chi connectivity index (χ4n) is 1.75. The molecule has 0 saturated carbocycles. The third-order valence-corrected chi connectivity index (χ3v) is 3.78. The van der Waals surface area contributed by atoms with Crippen LogP contribution in [0.4, 0.5) is 0 Å². The van der Waals surface area contributed by atoms with E-state index in [4.69, 9.17) is 58.0 Å². The predicted octanol–water partition coefficient (Wildman–Crippen LogP) is 6.24. The summed E-state index contributed by atoms with van der Waals surface area (Å²) in [6, 6.07) is 8.26. The summed E-state index contributed by atoms with van der Waals surface area (Å²) in [6.45, 7) is 0.889. The number of aromatic nitrogens is 4. The van der Waals surface area contributed by atoms with E-state index >= 15 is 0 Å². The number of halogens is 5. The zero-order chi connectivity index (χ0) is 19.6. The molecule has 0 N–H and O–H groups in total. The molecule has 3 aromatic rings. The molecule has 10 heteroatoms. The van der Waals surface area contributed by atoms with Crippen molar-refractivity contribution in [3.63, 3.8) is 0 Å². The SMILES string of the molecule is C1=CCN=C1.Clc1cc(-n2cccn2)cc(Cl)n1.Clc1cc(Cl)nc(Cl)c1. The van der Waals surface area contributed by atoms with Crippen LogP contribution >= 0.6 is 58.0 Å². The van der Waals surface area contributed by atoms with E-state index in [1.165, 1.54) is 12.1 Å². The first-order chi connectivity index (χ1) is 12.9. The average Bonchev–Trinajstić information content (AvgIpc) is 3.30. The molecule has 0 bridgehead atoms. The molecule has 0 atom stereocenters. The molecule has 3 aromatic heterocycles. The lowest BCUT2D eigenvalue weighted by Crippen LogP contribution is -1.94. The monoisotopic (exact) mass is 461 g/mol. The minimum Gasteiger partial charge on any atom is -0.289 e. The number of pyridine rings is 2. The summed E-state index contributed by atoms with van der Waals surface area (Å²) in [5.74, 6) is 0. The highest BCUT2D eigenvalue weighted by Gasteiger charge is 2.00. The van der Waals surface area contributed by atoms with E-state index in [1.54, 1.807) is 29.2 Å². The molecule has 0 aromatic carbocycles. The number of aliphatic imine (C=N–C) groups is 1. The van der Waals surface area contributed by atoms with Crippen molar-refractivity contribution in [2.75, 3.05) is 6.54 Å². The lowest BCUT2D eigenvalue weighted by molar-refractivity contribution is 0.878. The lowest BCUT2D eigenvalue weighted by Gasteiger charge is -2.01. The van der Waals surface area contributed by atoms with E-state index in [1.807, 2.05) is 24.4 Å². The molecule has 4 heterocycles. The van der Waals surface area contributed by atoms with Crippen LogP contribution in [-0.4, -0.2) is 32.5 Å². The van der Waals surface area contributed by atoms with Gasteiger partial charge in [0, 0.05) is 35.8 Å². The van der Waals surface area contributed by atoms with Gasteiger partial charge in [-0.25, -0.2) is 14.6 Å². The molecular formula is C17H12Cl5N5. The summed E-state index contributed by atoms with van der Waals surface area (Å²) in [4.78, 5) is 11.4. The van der Waals surface area contributed by atoms with Gasteiger partial charge in [-0.05, 0) is 24.3 Å². The Morgan fingerprint density at radius 2 is 1.41 bits per heavy atom. The van der Waals surface area contributed by atoms with E-state index in [2.05, 4.69) is 20.1 Å². The molecule has 1 aliphatic rings. The smallest absolute Gasteiger partial charge is 0.132 e. The Morgan fingerprint density at radius 3 is 1.78 bits per heavy atom. The fourth-order valence-corrected chi connectivity index (χ4v) is 2.97. The summed E-state index contributed by atoms with van der Waals surface area (Å²) in [5.41, 5.74) is 0.801. The van der Waals surface area contributed by atoms with Crippen LogP contribution in [-0.2, 0) is 0 Å². The van der Waals surface area contributed by atoms with Gasteiger partial charge < -0.3 is 0 Å². The van der Waals surface area contributed by atoms with Crippen molar-refractivity contribution in [3.05, 3.63) is 80.5 Å². The summed E-state index contributed by atoms with van der Waals surface area (Å²) in [6.07, 6.45) is 9.25. The van der Waals surface area contributed by atoms with Crippen molar-refractivity contribution < 1.29 is 0 Å². The van der Waals surface area contributed by atoms with Crippen LogP contribution in [0.15, 0.2) is 59.9 Å². The number of allylic oxidation sites excluding steroid dienone is 1. The number of rotatable bonds is 1. The van der Waals surface area contributed by atoms with Gasteiger partial charge in [0.15, 0.2) is 0 Å². The highest BCUT2D eigenvalue weighted by atomic mass is 35.5. The van der Waals surface area contributed by atoms with Crippen LogP contribution in [0.5, 0.6) is 0 Å². The summed E-state index contributed by atoms with van der Waals surface area (Å²) < 4.78 is 1.67. The first-order valence-corrected chi connectivity index (χ1v) is 9.29. The van der Waals surface area contributed by atoms with Gasteiger partial charge in [0.05, 0.1) is 12.2 Å². The van der Waals surface area contributed by atoms with Gasteiger partial charge in [0.1, 0.15) is 20.6 Å². The van der Waals surface area contributed by atoms with Gasteiger partial charge in [-0.1, -0.05) is 64.1 Å². The summed E-state index contributed by atoms with van der Waals surface area (Å²) in [7, 11) is 0. The molecule has 5 nitrogen and oxygen atoms in total. The quantitative estimate of drug-likeness (QED) is 0.401. The molecule has 27 heavy (non-hydrogen) atoms. The maximum atomic E-state index is 5.73. The zero-order valence-electron chi connectivity index (χ0n) is 13.6. The first kappa shape index (κ1) is 21.7. The second kappa shape index (κ2) is 11.3. The second-order valence-corrected chi connectivity index (χ2v) is 6.78. The van der Waals surface area contributed by atoms with Gasteiger partial charge in [-0.15, -0.1) is 0 Å². The number of hydrogen-bond acceptors (Lipinski definition) is 4. The van der Waals surface area contributed by atoms with Crippen molar-refractivity contribution in [2.24, 2.45) is 4.99 Å². The minimum absolute atomic E-state index is 0.313. The normalized spacial score (nSPS) is 11.4. The van der Waals surface area contributed by atoms with E-state index in [0.717, 1.165) is 12.2 Å². The number of nitrogens with zero attached hydrogens (tertiary/aromatic N) is 5. The van der Waals surface area contributed by atoms with Crippen molar-refractivity contribution in [1.29, 1.82) is 0 Å². The largest absolute Gasteiger partial charge is 0.289 e. The van der Waals surface area contributed by atoms with Gasteiger partial charge in [0.25, 0.3) is 0 Å². The standard InChI is InChI=1S/C8H5Cl2N3.C5H2Cl3N.C4H5N/c9-7-4-6(5-8(10)12-7)13-3-1-2-11-13;6-3-1-4(7)9-5(8)2-3;1-2-4-5-3-1/h1-5H;1-2H;1-3H,4H2. The van der Waals surface area contributed by atoms with Crippen molar-refractivity contribution in [1.82, 2.24) is 19.7 Å². The van der Waals surface area contributed by atoms with Crippen molar-refractivity contribution in [2.45, 2.75) is 0 Å². The van der Waals surface area contributed by atoms with Gasteiger partial charge in [-0.3, -0.25) is 4.99 Å². The molecule has 0 spiro atoms. The molecule has 0 unspecified atom stereocenters. The topological polar surface area (TPSA) is 56.0 Å². The van der Waals surface area contributed by atoms with Gasteiger partial charge in [0.2, 0.25) is 0 Å². The molecule has 140 valence electrons. The van der Waals surface area contributed by atoms with E-state index in [-0.39, 0.29) is 0 Å². The highest BCUT2D eigenvalue weighted by Crippen LogP contribution is 2.18. The fraction of sp³-hybridized carbons (Fsp3) is 0.0588. The average molecular weight is 464 g/mol. The Kier molecular flexibility index (Phi) is 9.04. The van der Waals surface area contributed by atoms with Crippen LogP contribution in [0, 0.1) is 0 Å². The van der Waals surface area contributed by atoms with Crippen LogP contribution in [0.1, 0.15) is 0 Å². The summed E-state index contributed by atoms with van der Waals surface area (Å²) >= 11 is 27.9. The Labute approximate surface area is 181 Å². The second-order valence-electron chi connectivity index (χ2n) is 4.79. The molecule has 0 saturated heterocycles. The van der Waals surface area contributed by atoms with E-state index < -0.39 is 0 Å². The van der Waals surface area contributed by atoms with Crippen LogP contribution in [0.2, 0.25) is 25.6 Å². The van der Waals surface area contributed by atoms with Crippen LogP contribution in [0.25, 0.3) is 5.69 Å². The Hall–Kier alpha value is -1.63. The molecule has 0 fully saturated rings. The highest BCUT2D eigenvalue weighted by molar-refractivity contribution is 6.36. The Balaban J connectivity index is 0.000000161. The maximum absolute atomic E-state index is 5.73. The van der Waals surface area contributed by atoms with Gasteiger partial charge >= 0.3 is 0 Å². The van der Waals surface area contributed by atoms with Gasteiger partial charge in [-0.2, -0.15) is 5.10 Å². The Morgan fingerprint density at radius 1 is 0.815 bits per heavy atom. The molecular weight excluding hydrogens is 451 g/mol. The maximum Gasteiger partial charge on any atom is 0.132 e. The third kappa shape index (κ3) is 8.28. The molecule has 0 amide bonds. The minimum atomic E-state index is 0.313.